The molecule has 1 aliphatic rings. The molecule has 1 unspecified atom stereocenters. The first-order valence-electron chi connectivity index (χ1n) is 11.1. The molecule has 4 aromatic rings. The number of nitro groups is 1. The number of hydrogen-bond acceptors (Lipinski definition) is 7. The molecule has 5 rings (SSSR count). The second-order valence-corrected chi connectivity index (χ2v) is 10.1. The van der Waals surface area contributed by atoms with Crippen LogP contribution in [0.15, 0.2) is 72.1 Å². The van der Waals surface area contributed by atoms with E-state index in [1.165, 1.54) is 33.3 Å². The van der Waals surface area contributed by atoms with Crippen LogP contribution in [-0.4, -0.2) is 52.1 Å². The molecule has 2 aromatic heterocycles. The number of carbonyl (C=O) groups is 3. The molecule has 11 heteroatoms. The van der Waals surface area contributed by atoms with Crippen molar-refractivity contribution in [3.63, 3.8) is 0 Å². The summed E-state index contributed by atoms with van der Waals surface area (Å²) in [7, 11) is 0. The monoisotopic (exact) mass is 520 g/mol. The van der Waals surface area contributed by atoms with E-state index in [2.05, 4.69) is 5.32 Å². The summed E-state index contributed by atoms with van der Waals surface area (Å²) in [5.74, 6) is -1.15. The summed E-state index contributed by atoms with van der Waals surface area (Å²) >= 11 is 2.28. The average Bonchev–Trinajstić information content (AvgIpc) is 3.54. The Morgan fingerprint density at radius 1 is 1.00 bits per heavy atom. The highest BCUT2D eigenvalue weighted by Gasteiger charge is 2.38. The van der Waals surface area contributed by atoms with Gasteiger partial charge in [-0.1, -0.05) is 47.7 Å². The van der Waals surface area contributed by atoms with E-state index < -0.39 is 16.9 Å². The molecule has 3 amide bonds. The summed E-state index contributed by atoms with van der Waals surface area (Å²) in [6.07, 6.45) is 0. The molecular weight excluding hydrogens is 500 g/mol. The second-order valence-electron chi connectivity index (χ2n) is 8.15. The summed E-state index contributed by atoms with van der Waals surface area (Å²) in [6.45, 7) is 0.129. The fourth-order valence-electron chi connectivity index (χ4n) is 4.22. The van der Waals surface area contributed by atoms with Gasteiger partial charge in [0.2, 0.25) is 5.91 Å². The Labute approximate surface area is 213 Å². The number of thiophene rings is 2. The van der Waals surface area contributed by atoms with E-state index in [0.717, 1.165) is 27.0 Å². The molecule has 3 heterocycles. The van der Waals surface area contributed by atoms with Gasteiger partial charge in [0.15, 0.2) is 0 Å². The van der Waals surface area contributed by atoms with Crippen molar-refractivity contribution in [3.8, 4) is 0 Å². The largest absolute Gasteiger partial charge is 0.327 e. The van der Waals surface area contributed by atoms with Crippen LogP contribution in [0.4, 0.5) is 10.7 Å². The third-order valence-corrected chi connectivity index (χ3v) is 7.94. The number of nitrogens with zero attached hydrogens (tertiary/aromatic N) is 3. The Hall–Kier alpha value is -4.09. The molecule has 182 valence electrons. The van der Waals surface area contributed by atoms with Gasteiger partial charge in [-0.05, 0) is 35.0 Å². The topological polar surface area (TPSA) is 113 Å². The Kier molecular flexibility index (Phi) is 6.49. The van der Waals surface area contributed by atoms with E-state index in [0.29, 0.717) is 5.69 Å². The minimum atomic E-state index is -0.881. The fraction of sp³-hybridized carbons (Fsp3) is 0.160. The van der Waals surface area contributed by atoms with E-state index in [-0.39, 0.29) is 41.3 Å². The van der Waals surface area contributed by atoms with Gasteiger partial charge in [0.1, 0.15) is 12.6 Å². The van der Waals surface area contributed by atoms with Crippen LogP contribution < -0.4 is 5.32 Å². The smallest absolute Gasteiger partial charge is 0.324 e. The molecule has 9 nitrogen and oxygen atoms in total. The minimum Gasteiger partial charge on any atom is -0.327 e. The number of piperazine rings is 1. The van der Waals surface area contributed by atoms with Gasteiger partial charge in [-0.3, -0.25) is 24.5 Å². The number of rotatable bonds is 6. The van der Waals surface area contributed by atoms with Crippen LogP contribution in [0.25, 0.3) is 10.1 Å². The van der Waals surface area contributed by atoms with Crippen LogP contribution >= 0.6 is 22.7 Å². The van der Waals surface area contributed by atoms with Gasteiger partial charge in [0.25, 0.3) is 11.8 Å². The molecule has 1 saturated heterocycles. The first-order valence-corrected chi connectivity index (χ1v) is 12.8. The molecule has 1 N–H and O–H groups in total. The SMILES string of the molecule is O=C(Nc1ccccc1)C(c1csc2ccccc12)N1CCN(C(=O)c2ccc([N+](=O)[O-])s2)CC1=O. The third kappa shape index (κ3) is 4.58. The van der Waals surface area contributed by atoms with Gasteiger partial charge in [-0.25, -0.2) is 0 Å². The summed E-state index contributed by atoms with van der Waals surface area (Å²) in [5.41, 5.74) is 1.35. The molecular formula is C25H20N4O5S2. The quantitative estimate of drug-likeness (QED) is 0.296. The number of nitrogens with one attached hydrogen (secondary N) is 1. The maximum Gasteiger partial charge on any atom is 0.324 e. The second kappa shape index (κ2) is 9.88. The van der Waals surface area contributed by atoms with E-state index >= 15 is 0 Å². The highest BCUT2D eigenvalue weighted by Crippen LogP contribution is 2.35. The molecule has 0 radical (unpaired) electrons. The van der Waals surface area contributed by atoms with Gasteiger partial charge in [-0.15, -0.1) is 11.3 Å². The summed E-state index contributed by atoms with van der Waals surface area (Å²) in [5, 5.41) is 16.6. The number of carbonyl (C=O) groups excluding carboxylic acids is 3. The lowest BCUT2D eigenvalue weighted by atomic mass is 10.0. The summed E-state index contributed by atoms with van der Waals surface area (Å²) < 4.78 is 1.01. The number of benzene rings is 2. The number of hydrogen-bond donors (Lipinski definition) is 1. The van der Waals surface area contributed by atoms with Crippen molar-refractivity contribution < 1.29 is 19.3 Å². The zero-order chi connectivity index (χ0) is 25.2. The van der Waals surface area contributed by atoms with Crippen molar-refractivity contribution in [2.45, 2.75) is 6.04 Å². The predicted molar refractivity (Wildman–Crippen MR) is 138 cm³/mol. The van der Waals surface area contributed by atoms with Crippen molar-refractivity contribution in [3.05, 3.63) is 92.7 Å². The first-order chi connectivity index (χ1) is 17.4. The van der Waals surface area contributed by atoms with Crippen molar-refractivity contribution >= 4 is 61.2 Å². The van der Waals surface area contributed by atoms with Crippen LogP contribution in [-0.2, 0) is 9.59 Å². The molecule has 0 spiro atoms. The third-order valence-electron chi connectivity index (χ3n) is 5.93. The van der Waals surface area contributed by atoms with Gasteiger partial charge < -0.3 is 15.1 Å². The summed E-state index contributed by atoms with van der Waals surface area (Å²) in [6, 6.07) is 18.5. The van der Waals surface area contributed by atoms with E-state index in [9.17, 15) is 24.5 Å². The first kappa shape index (κ1) is 23.6. The van der Waals surface area contributed by atoms with Crippen molar-refractivity contribution in [1.29, 1.82) is 0 Å². The molecule has 1 fully saturated rings. The highest BCUT2D eigenvalue weighted by molar-refractivity contribution is 7.17. The number of fused-ring (bicyclic) bond motifs is 1. The van der Waals surface area contributed by atoms with Crippen molar-refractivity contribution in [1.82, 2.24) is 9.80 Å². The number of amides is 3. The van der Waals surface area contributed by atoms with E-state index in [1.807, 2.05) is 47.8 Å². The number of para-hydroxylation sites is 1. The Morgan fingerprint density at radius 3 is 2.47 bits per heavy atom. The zero-order valence-corrected chi connectivity index (χ0v) is 20.5. The Bertz CT molecular complexity index is 1470. The number of anilines is 1. The van der Waals surface area contributed by atoms with Crippen molar-refractivity contribution in [2.75, 3.05) is 25.0 Å². The van der Waals surface area contributed by atoms with Crippen LogP contribution in [0.2, 0.25) is 0 Å². The standard InChI is InChI=1S/C25H20N4O5S2/c30-21-14-27(25(32)20-10-11-22(36-20)29(33)34)12-13-28(21)23(24(31)26-16-6-2-1-3-7-16)18-15-35-19-9-5-4-8-17(18)19/h1-11,15,23H,12-14H2,(H,26,31). The molecule has 2 aromatic carbocycles. The molecule has 0 aliphatic carbocycles. The molecule has 1 aliphatic heterocycles. The minimum absolute atomic E-state index is 0.134. The maximum absolute atomic E-state index is 13.6. The van der Waals surface area contributed by atoms with Crippen LogP contribution in [0.3, 0.4) is 0 Å². The molecule has 0 bridgehead atoms. The normalized spacial score (nSPS) is 14.6. The van der Waals surface area contributed by atoms with Gasteiger partial charge in [0.05, 0.1) is 9.80 Å². The molecule has 1 atom stereocenters. The molecule has 36 heavy (non-hydrogen) atoms. The lowest BCUT2D eigenvalue weighted by molar-refractivity contribution is -0.380. The van der Waals surface area contributed by atoms with Crippen LogP contribution in [0.1, 0.15) is 21.3 Å². The molecule has 0 saturated carbocycles. The van der Waals surface area contributed by atoms with Crippen molar-refractivity contribution in [2.24, 2.45) is 0 Å². The van der Waals surface area contributed by atoms with E-state index in [1.54, 1.807) is 12.1 Å². The Morgan fingerprint density at radius 2 is 1.75 bits per heavy atom. The van der Waals surface area contributed by atoms with Gasteiger partial charge >= 0.3 is 5.00 Å². The maximum atomic E-state index is 13.6. The zero-order valence-electron chi connectivity index (χ0n) is 18.8. The van der Waals surface area contributed by atoms with Gasteiger partial charge in [0, 0.05) is 35.1 Å². The summed E-state index contributed by atoms with van der Waals surface area (Å²) in [4.78, 5) is 53.3. The lowest BCUT2D eigenvalue weighted by Crippen LogP contribution is -2.54. The lowest BCUT2D eigenvalue weighted by Gasteiger charge is -2.38. The predicted octanol–water partition coefficient (Wildman–Crippen LogP) is 4.54. The van der Waals surface area contributed by atoms with E-state index in [4.69, 9.17) is 0 Å². The average molecular weight is 521 g/mol. The van der Waals surface area contributed by atoms with Crippen LogP contribution in [0.5, 0.6) is 0 Å². The van der Waals surface area contributed by atoms with Crippen LogP contribution in [0, 0.1) is 10.1 Å². The fourth-order valence-corrected chi connectivity index (χ4v) is 5.99. The highest BCUT2D eigenvalue weighted by atomic mass is 32.1. The Balaban J connectivity index is 1.41. The van der Waals surface area contributed by atoms with Gasteiger partial charge in [-0.2, -0.15) is 0 Å².